The highest BCUT2D eigenvalue weighted by molar-refractivity contribution is 5.96. The van der Waals surface area contributed by atoms with E-state index < -0.39 is 17.5 Å². The van der Waals surface area contributed by atoms with Crippen molar-refractivity contribution in [3.63, 3.8) is 0 Å². The zero-order chi connectivity index (χ0) is 21.5. The highest BCUT2D eigenvalue weighted by Crippen LogP contribution is 2.19. The number of amides is 1. The van der Waals surface area contributed by atoms with E-state index in [1.807, 2.05) is 32.0 Å². The number of nitrogens with one attached hydrogen (secondary N) is 1. The standard InChI is InChI=1S/C23H23NO6/c1-15-8-9-16(2)20(12-15)29-14-21(25)28-11-5-10-24-22(26)18-13-17-6-3-4-7-19(17)30-23(18)27/h3-4,6-9,12-13H,5,10-11,14H2,1-2H3,(H,24,26). The predicted molar refractivity (Wildman–Crippen MR) is 112 cm³/mol. The molecule has 3 aromatic rings. The molecule has 0 radical (unpaired) electrons. The van der Waals surface area contributed by atoms with Gasteiger partial charge in [-0.1, -0.05) is 30.3 Å². The van der Waals surface area contributed by atoms with Crippen molar-refractivity contribution in [3.05, 3.63) is 75.6 Å². The maximum Gasteiger partial charge on any atom is 0.349 e. The van der Waals surface area contributed by atoms with Gasteiger partial charge < -0.3 is 19.2 Å². The molecule has 3 rings (SSSR count). The number of para-hydroxylation sites is 1. The lowest BCUT2D eigenvalue weighted by molar-refractivity contribution is -0.146. The number of fused-ring (bicyclic) bond motifs is 1. The van der Waals surface area contributed by atoms with E-state index in [9.17, 15) is 14.4 Å². The minimum atomic E-state index is -0.693. The average molecular weight is 409 g/mol. The van der Waals surface area contributed by atoms with E-state index in [0.29, 0.717) is 23.1 Å². The smallest absolute Gasteiger partial charge is 0.349 e. The molecule has 156 valence electrons. The molecule has 1 N–H and O–H groups in total. The first-order valence-electron chi connectivity index (χ1n) is 9.61. The van der Waals surface area contributed by atoms with E-state index in [-0.39, 0.29) is 25.3 Å². The van der Waals surface area contributed by atoms with Crippen molar-refractivity contribution >= 4 is 22.8 Å². The number of aryl methyl sites for hydroxylation is 2. The fourth-order valence-corrected chi connectivity index (χ4v) is 2.82. The van der Waals surface area contributed by atoms with Crippen molar-refractivity contribution in [3.8, 4) is 5.75 Å². The lowest BCUT2D eigenvalue weighted by Crippen LogP contribution is -2.29. The Morgan fingerprint density at radius 1 is 1.07 bits per heavy atom. The third-order valence-corrected chi connectivity index (χ3v) is 4.44. The number of rotatable bonds is 8. The first kappa shape index (κ1) is 21.1. The van der Waals surface area contributed by atoms with Crippen LogP contribution in [0, 0.1) is 13.8 Å². The monoisotopic (exact) mass is 409 g/mol. The summed E-state index contributed by atoms with van der Waals surface area (Å²) in [4.78, 5) is 36.0. The van der Waals surface area contributed by atoms with E-state index >= 15 is 0 Å². The molecule has 0 saturated carbocycles. The van der Waals surface area contributed by atoms with Crippen LogP contribution in [0.3, 0.4) is 0 Å². The second-order valence-corrected chi connectivity index (χ2v) is 6.87. The van der Waals surface area contributed by atoms with E-state index in [1.54, 1.807) is 24.3 Å². The topological polar surface area (TPSA) is 94.8 Å². The van der Waals surface area contributed by atoms with Crippen molar-refractivity contribution in [2.24, 2.45) is 0 Å². The Morgan fingerprint density at radius 3 is 2.70 bits per heavy atom. The number of hydrogen-bond donors (Lipinski definition) is 1. The van der Waals surface area contributed by atoms with Gasteiger partial charge >= 0.3 is 11.6 Å². The Hall–Kier alpha value is -3.61. The Labute approximate surface area is 173 Å². The summed E-state index contributed by atoms with van der Waals surface area (Å²) >= 11 is 0. The molecule has 2 aromatic carbocycles. The summed E-state index contributed by atoms with van der Waals surface area (Å²) in [6.07, 6.45) is 0.403. The largest absolute Gasteiger partial charge is 0.482 e. The zero-order valence-electron chi connectivity index (χ0n) is 16.9. The van der Waals surface area contributed by atoms with Crippen molar-refractivity contribution in [1.82, 2.24) is 5.32 Å². The van der Waals surface area contributed by atoms with Crippen LogP contribution < -0.4 is 15.7 Å². The summed E-state index contributed by atoms with van der Waals surface area (Å²) in [7, 11) is 0. The van der Waals surface area contributed by atoms with Gasteiger partial charge in [-0.15, -0.1) is 0 Å². The summed E-state index contributed by atoms with van der Waals surface area (Å²) in [5.41, 5.74) is 1.65. The maximum atomic E-state index is 12.2. The molecular formula is C23H23NO6. The summed E-state index contributed by atoms with van der Waals surface area (Å²) < 4.78 is 15.8. The number of esters is 1. The maximum absolute atomic E-state index is 12.2. The fourth-order valence-electron chi connectivity index (χ4n) is 2.82. The Morgan fingerprint density at radius 2 is 1.87 bits per heavy atom. The van der Waals surface area contributed by atoms with Gasteiger partial charge in [0.25, 0.3) is 5.91 Å². The molecule has 7 nitrogen and oxygen atoms in total. The zero-order valence-corrected chi connectivity index (χ0v) is 16.9. The highest BCUT2D eigenvalue weighted by Gasteiger charge is 2.13. The first-order valence-corrected chi connectivity index (χ1v) is 9.61. The fraction of sp³-hybridized carbons (Fsp3) is 0.261. The predicted octanol–water partition coefficient (Wildman–Crippen LogP) is 3.15. The van der Waals surface area contributed by atoms with Gasteiger partial charge in [0.1, 0.15) is 16.9 Å². The van der Waals surface area contributed by atoms with Crippen molar-refractivity contribution in [2.45, 2.75) is 20.3 Å². The van der Waals surface area contributed by atoms with Crippen LogP contribution in [0.2, 0.25) is 0 Å². The van der Waals surface area contributed by atoms with Crippen molar-refractivity contribution in [2.75, 3.05) is 19.8 Å². The third kappa shape index (κ3) is 5.47. The minimum Gasteiger partial charge on any atom is -0.482 e. The highest BCUT2D eigenvalue weighted by atomic mass is 16.6. The Balaban J connectivity index is 1.40. The molecule has 7 heteroatoms. The molecular weight excluding hydrogens is 386 g/mol. The SMILES string of the molecule is Cc1ccc(C)c(OCC(=O)OCCCNC(=O)c2cc3ccccc3oc2=O)c1. The van der Waals surface area contributed by atoms with Crippen LogP contribution in [0.4, 0.5) is 0 Å². The normalized spacial score (nSPS) is 10.6. The van der Waals surface area contributed by atoms with E-state index in [0.717, 1.165) is 11.1 Å². The van der Waals surface area contributed by atoms with Crippen LogP contribution in [-0.2, 0) is 9.53 Å². The molecule has 0 aliphatic rings. The molecule has 0 bridgehead atoms. The van der Waals surface area contributed by atoms with Crippen LogP contribution >= 0.6 is 0 Å². The molecule has 1 amide bonds. The average Bonchev–Trinajstić information content (AvgIpc) is 2.73. The van der Waals surface area contributed by atoms with Gasteiger partial charge in [0, 0.05) is 11.9 Å². The number of carbonyl (C=O) groups is 2. The number of benzene rings is 2. The molecule has 1 heterocycles. The Bertz CT molecular complexity index is 1120. The van der Waals surface area contributed by atoms with E-state index in [1.165, 1.54) is 6.07 Å². The first-order chi connectivity index (χ1) is 14.4. The number of carbonyl (C=O) groups excluding carboxylic acids is 2. The van der Waals surface area contributed by atoms with Crippen molar-refractivity contribution < 1.29 is 23.5 Å². The molecule has 0 unspecified atom stereocenters. The van der Waals surface area contributed by atoms with E-state index in [4.69, 9.17) is 13.9 Å². The molecule has 1 aromatic heterocycles. The third-order valence-electron chi connectivity index (χ3n) is 4.44. The van der Waals surface area contributed by atoms with Crippen LogP contribution in [0.1, 0.15) is 27.9 Å². The van der Waals surface area contributed by atoms with Crippen LogP contribution in [-0.4, -0.2) is 31.6 Å². The number of hydrogen-bond acceptors (Lipinski definition) is 6. The van der Waals surface area contributed by atoms with Gasteiger partial charge in [0.2, 0.25) is 0 Å². The molecule has 0 atom stereocenters. The van der Waals surface area contributed by atoms with Gasteiger partial charge in [0.05, 0.1) is 6.61 Å². The van der Waals surface area contributed by atoms with Gasteiger partial charge in [-0.25, -0.2) is 9.59 Å². The second kappa shape index (κ2) is 9.73. The molecule has 0 aliphatic heterocycles. The summed E-state index contributed by atoms with van der Waals surface area (Å²) in [5, 5.41) is 3.29. The quantitative estimate of drug-likeness (QED) is 0.349. The van der Waals surface area contributed by atoms with Crippen LogP contribution in [0.25, 0.3) is 11.0 Å². The summed E-state index contributed by atoms with van der Waals surface area (Å²) in [5.74, 6) is -0.370. The van der Waals surface area contributed by atoms with Crippen molar-refractivity contribution in [1.29, 1.82) is 0 Å². The van der Waals surface area contributed by atoms with Crippen LogP contribution in [0.15, 0.2) is 57.7 Å². The lowest BCUT2D eigenvalue weighted by atomic mass is 10.1. The van der Waals surface area contributed by atoms with Gasteiger partial charge in [-0.2, -0.15) is 0 Å². The van der Waals surface area contributed by atoms with Gasteiger partial charge in [0.15, 0.2) is 6.61 Å². The molecule has 0 fully saturated rings. The molecule has 0 aliphatic carbocycles. The lowest BCUT2D eigenvalue weighted by Gasteiger charge is -2.10. The molecule has 0 spiro atoms. The molecule has 0 saturated heterocycles. The number of ether oxygens (including phenoxy) is 2. The Kier molecular flexibility index (Phi) is 6.85. The van der Waals surface area contributed by atoms with Gasteiger partial charge in [-0.05, 0) is 49.6 Å². The summed E-state index contributed by atoms with van der Waals surface area (Å²) in [6.45, 7) is 4.03. The van der Waals surface area contributed by atoms with Gasteiger partial charge in [-0.3, -0.25) is 4.79 Å². The van der Waals surface area contributed by atoms with E-state index in [2.05, 4.69) is 5.32 Å². The molecule has 30 heavy (non-hydrogen) atoms. The second-order valence-electron chi connectivity index (χ2n) is 6.87. The van der Waals surface area contributed by atoms with Crippen LogP contribution in [0.5, 0.6) is 5.75 Å². The summed E-state index contributed by atoms with van der Waals surface area (Å²) in [6, 6.07) is 14.2. The minimum absolute atomic E-state index is 0.0624.